The highest BCUT2D eigenvalue weighted by molar-refractivity contribution is 5.90. The number of nitrogens with one attached hydrogen (secondary N) is 1. The van der Waals surface area contributed by atoms with E-state index in [4.69, 9.17) is 0 Å². The smallest absolute Gasteiger partial charge is 0.287 e. The molecule has 3 heterocycles. The number of amides is 1. The molecule has 1 amide bonds. The molecule has 116 valence electrons. The summed E-state index contributed by atoms with van der Waals surface area (Å²) in [6.07, 6.45) is 8.58. The predicted molar refractivity (Wildman–Crippen MR) is 79.4 cm³/mol. The Kier molecular flexibility index (Phi) is 3.20. The molecule has 1 atom stereocenters. The van der Waals surface area contributed by atoms with Gasteiger partial charge in [-0.2, -0.15) is 0 Å². The van der Waals surface area contributed by atoms with Crippen molar-refractivity contribution in [1.82, 2.24) is 29.6 Å². The summed E-state index contributed by atoms with van der Waals surface area (Å²) < 4.78 is 4.01. The lowest BCUT2D eigenvalue weighted by molar-refractivity contribution is 0.0919. The van der Waals surface area contributed by atoms with Crippen molar-refractivity contribution in [2.24, 2.45) is 7.05 Å². The van der Waals surface area contributed by atoms with Crippen LogP contribution in [0.2, 0.25) is 0 Å². The third-order valence-electron chi connectivity index (χ3n) is 4.58. The van der Waals surface area contributed by atoms with E-state index in [0.717, 1.165) is 37.5 Å². The number of imidazole rings is 1. The molecule has 1 aliphatic heterocycles. The van der Waals surface area contributed by atoms with Gasteiger partial charge in [0.05, 0.1) is 0 Å². The van der Waals surface area contributed by atoms with Gasteiger partial charge in [-0.15, -0.1) is 10.2 Å². The third kappa shape index (κ3) is 2.40. The zero-order valence-corrected chi connectivity index (χ0v) is 12.7. The van der Waals surface area contributed by atoms with Crippen molar-refractivity contribution in [1.29, 1.82) is 0 Å². The number of nitrogens with zero attached hydrogens (tertiary/aromatic N) is 5. The maximum absolute atomic E-state index is 12.3. The molecule has 0 bridgehead atoms. The summed E-state index contributed by atoms with van der Waals surface area (Å²) in [7, 11) is 1.83. The average Bonchev–Trinajstić information content (AvgIpc) is 3.19. The number of aryl methyl sites for hydroxylation is 2. The quantitative estimate of drug-likeness (QED) is 0.918. The molecule has 2 aliphatic rings. The number of fused-ring (bicyclic) bond motifs is 1. The lowest BCUT2D eigenvalue weighted by atomic mass is 10.1. The highest BCUT2D eigenvalue weighted by atomic mass is 16.2. The van der Waals surface area contributed by atoms with Gasteiger partial charge in [0.2, 0.25) is 0 Å². The molecule has 0 saturated heterocycles. The Hall–Kier alpha value is -2.18. The van der Waals surface area contributed by atoms with Crippen LogP contribution in [-0.4, -0.2) is 36.3 Å². The fraction of sp³-hybridized carbons (Fsp3) is 0.600. The molecule has 1 N–H and O–H groups in total. The summed E-state index contributed by atoms with van der Waals surface area (Å²) in [4.78, 5) is 16.4. The molecule has 22 heavy (non-hydrogen) atoms. The van der Waals surface area contributed by atoms with Gasteiger partial charge in [-0.1, -0.05) is 0 Å². The molecule has 2 aromatic rings. The summed E-state index contributed by atoms with van der Waals surface area (Å²) in [5.74, 6) is 3.18. The monoisotopic (exact) mass is 300 g/mol. The zero-order chi connectivity index (χ0) is 15.1. The first kappa shape index (κ1) is 13.5. The molecule has 1 aliphatic carbocycles. The maximum atomic E-state index is 12.3. The number of aromatic nitrogens is 5. The second-order valence-electron chi connectivity index (χ2n) is 6.26. The van der Waals surface area contributed by atoms with Crippen LogP contribution in [0.25, 0.3) is 0 Å². The van der Waals surface area contributed by atoms with Crippen LogP contribution in [0.5, 0.6) is 0 Å². The Labute approximate surface area is 128 Å². The first-order valence-corrected chi connectivity index (χ1v) is 7.92. The molecule has 4 rings (SSSR count). The fourth-order valence-corrected chi connectivity index (χ4v) is 3.13. The van der Waals surface area contributed by atoms with Gasteiger partial charge in [0, 0.05) is 44.4 Å². The second kappa shape index (κ2) is 5.23. The van der Waals surface area contributed by atoms with Gasteiger partial charge in [0.25, 0.3) is 5.91 Å². The molecule has 7 nitrogen and oxygen atoms in total. The van der Waals surface area contributed by atoms with Crippen molar-refractivity contribution in [3.8, 4) is 0 Å². The molecule has 1 saturated carbocycles. The van der Waals surface area contributed by atoms with Crippen LogP contribution in [0.4, 0.5) is 0 Å². The molecule has 0 radical (unpaired) electrons. The number of hydrogen-bond acceptors (Lipinski definition) is 4. The van der Waals surface area contributed by atoms with Gasteiger partial charge in [-0.25, -0.2) is 4.98 Å². The largest absolute Gasteiger partial charge is 0.347 e. The standard InChI is InChI=1S/C15H20N6O/c1-20-9-7-16-14(20)15(22)17-11-4-5-12-18-19-13(10-2-3-10)21(12)8-6-11/h7,9-11H,2-6,8H2,1H3,(H,17,22). The van der Waals surface area contributed by atoms with Crippen molar-refractivity contribution in [3.05, 3.63) is 29.9 Å². The number of carbonyl (C=O) groups excluding carboxylic acids is 1. The van der Waals surface area contributed by atoms with Gasteiger partial charge in [-0.3, -0.25) is 4.79 Å². The van der Waals surface area contributed by atoms with Crippen LogP contribution in [0.3, 0.4) is 0 Å². The fourth-order valence-electron chi connectivity index (χ4n) is 3.13. The maximum Gasteiger partial charge on any atom is 0.287 e. The number of carbonyl (C=O) groups is 1. The van der Waals surface area contributed by atoms with Crippen molar-refractivity contribution < 1.29 is 4.79 Å². The zero-order valence-electron chi connectivity index (χ0n) is 12.7. The molecule has 1 unspecified atom stereocenters. The minimum Gasteiger partial charge on any atom is -0.347 e. The normalized spacial score (nSPS) is 21.2. The molecular weight excluding hydrogens is 280 g/mol. The summed E-state index contributed by atoms with van der Waals surface area (Å²) in [6, 6.07) is 0.165. The molecule has 0 aromatic carbocycles. The van der Waals surface area contributed by atoms with Gasteiger partial charge in [-0.05, 0) is 25.7 Å². The van der Waals surface area contributed by atoms with E-state index in [1.807, 2.05) is 7.05 Å². The van der Waals surface area contributed by atoms with Crippen LogP contribution < -0.4 is 5.32 Å². The highest BCUT2D eigenvalue weighted by Crippen LogP contribution is 2.39. The van der Waals surface area contributed by atoms with Gasteiger partial charge in [0.15, 0.2) is 5.82 Å². The van der Waals surface area contributed by atoms with E-state index in [1.165, 1.54) is 12.8 Å². The number of rotatable bonds is 3. The molecule has 1 fully saturated rings. The summed E-state index contributed by atoms with van der Waals surface area (Å²) in [5, 5.41) is 11.8. The summed E-state index contributed by atoms with van der Waals surface area (Å²) >= 11 is 0. The van der Waals surface area contributed by atoms with Gasteiger partial charge < -0.3 is 14.5 Å². The first-order chi connectivity index (χ1) is 10.7. The van der Waals surface area contributed by atoms with Gasteiger partial charge in [0.1, 0.15) is 11.6 Å². The number of hydrogen-bond donors (Lipinski definition) is 1. The minimum atomic E-state index is -0.0995. The SMILES string of the molecule is Cn1ccnc1C(=O)NC1CCc2nnc(C3CC3)n2CC1. The Morgan fingerprint density at radius 2 is 2.14 bits per heavy atom. The lowest BCUT2D eigenvalue weighted by Crippen LogP contribution is -2.36. The van der Waals surface area contributed by atoms with E-state index in [1.54, 1.807) is 17.0 Å². The van der Waals surface area contributed by atoms with E-state index in [0.29, 0.717) is 11.7 Å². The van der Waals surface area contributed by atoms with Crippen LogP contribution in [0.1, 0.15) is 53.9 Å². The predicted octanol–water partition coefficient (Wildman–Crippen LogP) is 1.02. The molecule has 7 heteroatoms. The van der Waals surface area contributed by atoms with E-state index in [2.05, 4.69) is 25.1 Å². The topological polar surface area (TPSA) is 77.6 Å². The lowest BCUT2D eigenvalue weighted by Gasteiger charge is -2.16. The van der Waals surface area contributed by atoms with E-state index in [-0.39, 0.29) is 11.9 Å². The van der Waals surface area contributed by atoms with Crippen LogP contribution in [-0.2, 0) is 20.0 Å². The Balaban J connectivity index is 1.44. The average molecular weight is 300 g/mol. The van der Waals surface area contributed by atoms with Crippen LogP contribution in [0.15, 0.2) is 12.4 Å². The third-order valence-corrected chi connectivity index (χ3v) is 4.58. The summed E-state index contributed by atoms with van der Waals surface area (Å²) in [5.41, 5.74) is 0. The van der Waals surface area contributed by atoms with E-state index >= 15 is 0 Å². The van der Waals surface area contributed by atoms with Crippen molar-refractivity contribution in [2.75, 3.05) is 0 Å². The molecule has 0 spiro atoms. The van der Waals surface area contributed by atoms with Gasteiger partial charge >= 0.3 is 0 Å². The second-order valence-corrected chi connectivity index (χ2v) is 6.26. The van der Waals surface area contributed by atoms with Crippen molar-refractivity contribution in [2.45, 2.75) is 50.6 Å². The highest BCUT2D eigenvalue weighted by Gasteiger charge is 2.31. The Morgan fingerprint density at radius 1 is 1.27 bits per heavy atom. The molecule has 2 aromatic heterocycles. The summed E-state index contributed by atoms with van der Waals surface area (Å²) in [6.45, 7) is 0.889. The first-order valence-electron chi connectivity index (χ1n) is 7.92. The van der Waals surface area contributed by atoms with Crippen LogP contribution >= 0.6 is 0 Å². The Morgan fingerprint density at radius 3 is 2.86 bits per heavy atom. The van der Waals surface area contributed by atoms with Crippen molar-refractivity contribution in [3.63, 3.8) is 0 Å². The Bertz CT molecular complexity index is 699. The van der Waals surface area contributed by atoms with Crippen LogP contribution in [0, 0.1) is 0 Å². The molecular formula is C15H20N6O. The minimum absolute atomic E-state index is 0.0995. The van der Waals surface area contributed by atoms with E-state index in [9.17, 15) is 4.79 Å². The van der Waals surface area contributed by atoms with E-state index < -0.39 is 0 Å². The van der Waals surface area contributed by atoms with Crippen molar-refractivity contribution >= 4 is 5.91 Å².